The molecule has 0 amide bonds. The second-order valence-electron chi connectivity index (χ2n) is 5.74. The molecule has 0 spiro atoms. The number of halogens is 3. The van der Waals surface area contributed by atoms with Crippen molar-refractivity contribution < 1.29 is 38.8 Å². The van der Waals surface area contributed by atoms with Crippen LogP contribution in [0.3, 0.4) is 0 Å². The summed E-state index contributed by atoms with van der Waals surface area (Å²) >= 11 is 4.08. The molecule has 0 aromatic heterocycles. The van der Waals surface area contributed by atoms with Gasteiger partial charge in [-0.1, -0.05) is 0 Å². The second-order valence-corrected chi connectivity index (χ2v) is 6.25. The summed E-state index contributed by atoms with van der Waals surface area (Å²) in [5.74, 6) is -4.24. The zero-order valence-electron chi connectivity index (χ0n) is 12.7. The van der Waals surface area contributed by atoms with Gasteiger partial charge < -0.3 is 20.1 Å². The number of rotatable bonds is 3. The molecular formula is C14H17F3N3O4S+. The third-order valence-corrected chi connectivity index (χ3v) is 4.58. The lowest BCUT2D eigenvalue weighted by Gasteiger charge is -2.42. The molecule has 0 radical (unpaired) electrons. The van der Waals surface area contributed by atoms with Gasteiger partial charge in [0.1, 0.15) is 35.5 Å². The van der Waals surface area contributed by atoms with E-state index in [0.717, 1.165) is 12.1 Å². The predicted molar refractivity (Wildman–Crippen MR) is 81.7 cm³/mol. The summed E-state index contributed by atoms with van der Waals surface area (Å²) in [6, 6.07) is 0.723. The minimum Gasteiger partial charge on any atom is -0.394 e. The molecule has 1 aromatic rings. The number of hydrogen-bond acceptors (Lipinski definition) is 7. The van der Waals surface area contributed by atoms with Crippen molar-refractivity contribution in [1.82, 2.24) is 10.4 Å². The molecule has 6 N–H and O–H groups in total. The Morgan fingerprint density at radius 2 is 1.84 bits per heavy atom. The smallest absolute Gasteiger partial charge is 0.194 e. The monoisotopic (exact) mass is 380 g/mol. The molecule has 2 heterocycles. The van der Waals surface area contributed by atoms with Gasteiger partial charge in [-0.15, -0.1) is 18.2 Å². The number of nitrogens with zero attached hydrogens (tertiary/aromatic N) is 1. The highest BCUT2D eigenvalue weighted by molar-refractivity contribution is 7.80. The van der Waals surface area contributed by atoms with E-state index in [4.69, 9.17) is 4.74 Å². The van der Waals surface area contributed by atoms with Crippen LogP contribution < -0.4 is 11.0 Å². The first-order chi connectivity index (χ1) is 11.8. The molecule has 0 aliphatic carbocycles. The van der Waals surface area contributed by atoms with Crippen LogP contribution in [0.25, 0.3) is 5.70 Å². The van der Waals surface area contributed by atoms with Gasteiger partial charge in [0.15, 0.2) is 17.5 Å². The van der Waals surface area contributed by atoms with E-state index >= 15 is 0 Å². The van der Waals surface area contributed by atoms with Crippen molar-refractivity contribution >= 4 is 18.3 Å². The molecule has 25 heavy (non-hydrogen) atoms. The zero-order chi connectivity index (χ0) is 18.3. The molecule has 7 nitrogen and oxygen atoms in total. The highest BCUT2D eigenvalue weighted by Gasteiger charge is 2.48. The number of aliphatic hydroxyl groups is 3. The van der Waals surface area contributed by atoms with Crippen LogP contribution in [-0.2, 0) is 4.74 Å². The SMILES string of the molecule is OCC1OC(S)C(O)C(N2C=C(c3cc(F)c(F)c(F)c3)N[NH2+]2)C1O. The largest absolute Gasteiger partial charge is 0.394 e. The van der Waals surface area contributed by atoms with E-state index in [1.165, 1.54) is 16.7 Å². The van der Waals surface area contributed by atoms with Crippen molar-refractivity contribution in [3.8, 4) is 0 Å². The molecule has 1 saturated heterocycles. The molecule has 1 aromatic carbocycles. The van der Waals surface area contributed by atoms with E-state index in [1.54, 1.807) is 0 Å². The van der Waals surface area contributed by atoms with Gasteiger partial charge in [0.05, 0.1) is 12.8 Å². The molecule has 5 unspecified atom stereocenters. The number of thiol groups is 1. The van der Waals surface area contributed by atoms with E-state index in [1.807, 2.05) is 0 Å². The molecular weight excluding hydrogens is 363 g/mol. The van der Waals surface area contributed by atoms with E-state index < -0.39 is 53.8 Å². The molecule has 1 fully saturated rings. The van der Waals surface area contributed by atoms with Crippen LogP contribution in [0.2, 0.25) is 0 Å². The standard InChI is InChI=1S/C14H16F3N3O4S/c15-6-1-5(2-7(16)10(6)17)8-3-20(19-18-8)11-12(22)9(4-21)24-14(25)13(11)23/h1-3,9,11-14,18-19,21-23,25H,4H2/p+1. The molecule has 0 bridgehead atoms. The summed E-state index contributed by atoms with van der Waals surface area (Å²) in [7, 11) is 0. The van der Waals surface area contributed by atoms with Crippen molar-refractivity contribution in [3.63, 3.8) is 0 Å². The molecule has 138 valence electrons. The predicted octanol–water partition coefficient (Wildman–Crippen LogP) is -1.56. The minimum absolute atomic E-state index is 0.0484. The number of nitrogens with two attached hydrogens (primary N) is 1. The van der Waals surface area contributed by atoms with Crippen molar-refractivity contribution in [3.05, 3.63) is 41.3 Å². The number of benzene rings is 1. The van der Waals surface area contributed by atoms with Gasteiger partial charge in [-0.05, 0) is 12.1 Å². The average molecular weight is 380 g/mol. The average Bonchev–Trinajstić information content (AvgIpc) is 3.05. The van der Waals surface area contributed by atoms with Gasteiger partial charge in [0.25, 0.3) is 0 Å². The van der Waals surface area contributed by atoms with E-state index in [0.29, 0.717) is 0 Å². The maximum absolute atomic E-state index is 13.4. The maximum atomic E-state index is 13.4. The Hall–Kier alpha value is -1.50. The lowest BCUT2D eigenvalue weighted by atomic mass is 9.97. The van der Waals surface area contributed by atoms with Crippen molar-refractivity contribution in [2.45, 2.75) is 29.8 Å². The molecule has 3 rings (SSSR count). The number of ether oxygens (including phenoxy) is 1. The number of nitrogens with one attached hydrogen (secondary N) is 1. The van der Waals surface area contributed by atoms with Crippen LogP contribution in [0, 0.1) is 17.5 Å². The summed E-state index contributed by atoms with van der Waals surface area (Å²) in [5, 5.41) is 31.2. The fraction of sp³-hybridized carbons (Fsp3) is 0.429. The fourth-order valence-corrected chi connectivity index (χ4v) is 3.18. The summed E-state index contributed by atoms with van der Waals surface area (Å²) in [6.45, 7) is -0.479. The Labute approximate surface area is 146 Å². The number of hydrogen-bond donors (Lipinski definition) is 6. The van der Waals surface area contributed by atoms with Crippen LogP contribution in [0.15, 0.2) is 18.3 Å². The molecule has 0 saturated carbocycles. The minimum atomic E-state index is -1.57. The van der Waals surface area contributed by atoms with E-state index in [9.17, 15) is 28.5 Å². The van der Waals surface area contributed by atoms with Gasteiger partial charge in [0, 0.05) is 5.56 Å². The third-order valence-electron chi connectivity index (χ3n) is 4.15. The Morgan fingerprint density at radius 1 is 1.20 bits per heavy atom. The fourth-order valence-electron chi connectivity index (χ4n) is 2.84. The first kappa shape index (κ1) is 18.3. The van der Waals surface area contributed by atoms with Gasteiger partial charge in [-0.3, -0.25) is 0 Å². The first-order valence-corrected chi connectivity index (χ1v) is 7.89. The molecule has 11 heteroatoms. The summed E-state index contributed by atoms with van der Waals surface area (Å²) in [6.07, 6.45) is -2.03. The van der Waals surface area contributed by atoms with Crippen molar-refractivity contribution in [2.24, 2.45) is 0 Å². The molecule has 2 aliphatic heterocycles. The topological polar surface area (TPSA) is 102 Å². The Balaban J connectivity index is 1.87. The van der Waals surface area contributed by atoms with Gasteiger partial charge >= 0.3 is 0 Å². The van der Waals surface area contributed by atoms with Gasteiger partial charge in [0.2, 0.25) is 0 Å². The van der Waals surface area contributed by atoms with Gasteiger partial charge in [-0.2, -0.15) is 5.01 Å². The van der Waals surface area contributed by atoms with E-state index in [-0.39, 0.29) is 11.3 Å². The lowest BCUT2D eigenvalue weighted by molar-refractivity contribution is -0.829. The number of aliphatic hydroxyl groups excluding tert-OH is 3. The quantitative estimate of drug-likeness (QED) is 0.216. The van der Waals surface area contributed by atoms with Crippen molar-refractivity contribution in [1.29, 1.82) is 0 Å². The Bertz CT molecular complexity index is 672. The van der Waals surface area contributed by atoms with Crippen molar-refractivity contribution in [2.75, 3.05) is 6.61 Å². The van der Waals surface area contributed by atoms with E-state index in [2.05, 4.69) is 18.1 Å². The Kier molecular flexibility index (Phi) is 5.14. The highest BCUT2D eigenvalue weighted by Crippen LogP contribution is 2.27. The van der Waals surface area contributed by atoms with Crippen LogP contribution in [-0.4, -0.2) is 56.7 Å². The van der Waals surface area contributed by atoms with Crippen LogP contribution in [0.4, 0.5) is 13.2 Å². The summed E-state index contributed by atoms with van der Waals surface area (Å²) in [4.78, 5) is 0. The zero-order valence-corrected chi connectivity index (χ0v) is 13.6. The second kappa shape index (κ2) is 7.02. The maximum Gasteiger partial charge on any atom is 0.194 e. The highest BCUT2D eigenvalue weighted by atomic mass is 32.1. The number of quaternary nitrogens is 1. The van der Waals surface area contributed by atoms with Crippen LogP contribution in [0.5, 0.6) is 0 Å². The summed E-state index contributed by atoms with van der Waals surface area (Å²) in [5.41, 5.74) is 3.44. The first-order valence-electron chi connectivity index (χ1n) is 7.38. The van der Waals surface area contributed by atoms with Crippen LogP contribution in [0.1, 0.15) is 5.56 Å². The summed E-state index contributed by atoms with van der Waals surface area (Å²) < 4.78 is 45.0. The molecule has 5 atom stereocenters. The van der Waals surface area contributed by atoms with Gasteiger partial charge in [-0.25, -0.2) is 18.6 Å². The normalized spacial score (nSPS) is 32.5. The van der Waals surface area contributed by atoms with Crippen LogP contribution >= 0.6 is 12.6 Å². The Morgan fingerprint density at radius 3 is 2.44 bits per heavy atom. The third kappa shape index (κ3) is 3.30. The molecule has 2 aliphatic rings. The lowest BCUT2D eigenvalue weighted by Crippen LogP contribution is -2.99.